The first-order chi connectivity index (χ1) is 8.80. The van der Waals surface area contributed by atoms with Crippen LogP contribution in [0.2, 0.25) is 0 Å². The lowest BCUT2D eigenvalue weighted by Gasteiger charge is -2.24. The smallest absolute Gasteiger partial charge is 0.152 e. The molecule has 1 atom stereocenters. The molecule has 106 valence electrons. The first kappa shape index (κ1) is 14.3. The summed E-state index contributed by atoms with van der Waals surface area (Å²) < 4.78 is 25.0. The second-order valence-corrected chi connectivity index (χ2v) is 7.56. The van der Waals surface area contributed by atoms with Crippen molar-refractivity contribution in [1.82, 2.24) is 9.78 Å². The predicted molar refractivity (Wildman–Crippen MR) is 79.1 cm³/mol. The molecule has 1 aliphatic rings. The van der Waals surface area contributed by atoms with E-state index in [1.165, 1.54) is 0 Å². The maximum absolute atomic E-state index is 11.6. The Bertz CT molecular complexity index is 606. The number of sulfone groups is 1. The molecule has 0 bridgehead atoms. The molecule has 0 aromatic carbocycles. The summed E-state index contributed by atoms with van der Waals surface area (Å²) in [7, 11) is -1.16. The highest BCUT2D eigenvalue weighted by atomic mass is 32.2. The Balaban J connectivity index is 2.26. The van der Waals surface area contributed by atoms with Crippen molar-refractivity contribution in [1.29, 1.82) is 0 Å². The van der Waals surface area contributed by atoms with Gasteiger partial charge in [-0.25, -0.2) is 8.42 Å². The molecule has 2 rings (SSSR count). The summed E-state index contributed by atoms with van der Waals surface area (Å²) >= 11 is 5.03. The molecule has 1 aliphatic heterocycles. The van der Waals surface area contributed by atoms with Crippen LogP contribution in [0.1, 0.15) is 24.1 Å². The molecule has 8 heteroatoms. The quantitative estimate of drug-likeness (QED) is 0.783. The summed E-state index contributed by atoms with van der Waals surface area (Å²) in [4.78, 5) is 0.270. The summed E-state index contributed by atoms with van der Waals surface area (Å²) in [6, 6.07) is -0.110. The molecular weight excluding hydrogens is 284 g/mol. The van der Waals surface area contributed by atoms with Crippen molar-refractivity contribution in [2.24, 2.45) is 12.8 Å². The standard InChI is InChI=1S/C11H18N4O2S2/c1-7-9(10(12)18)11(15(2)14-7)13-8-4-3-5-19(16,17)6-8/h8,13H,3-6H2,1-2H3,(H2,12,18). The Kier molecular flexibility index (Phi) is 3.82. The van der Waals surface area contributed by atoms with Gasteiger partial charge in [-0.3, -0.25) is 4.68 Å². The Labute approximate surface area is 118 Å². The van der Waals surface area contributed by atoms with Crippen molar-refractivity contribution in [3.05, 3.63) is 11.3 Å². The van der Waals surface area contributed by atoms with Crippen LogP contribution in [-0.2, 0) is 16.9 Å². The zero-order valence-corrected chi connectivity index (χ0v) is 12.6. The van der Waals surface area contributed by atoms with Crippen LogP contribution in [0.3, 0.4) is 0 Å². The number of aryl methyl sites for hydroxylation is 2. The van der Waals surface area contributed by atoms with E-state index >= 15 is 0 Å². The molecule has 19 heavy (non-hydrogen) atoms. The molecule has 0 aliphatic carbocycles. The van der Waals surface area contributed by atoms with Gasteiger partial charge in [0.2, 0.25) is 0 Å². The molecule has 2 heterocycles. The Morgan fingerprint density at radius 1 is 1.58 bits per heavy atom. The molecular formula is C11H18N4O2S2. The molecule has 0 spiro atoms. The third-order valence-electron chi connectivity index (χ3n) is 3.27. The molecule has 0 radical (unpaired) electrons. The largest absolute Gasteiger partial charge is 0.389 e. The number of anilines is 1. The van der Waals surface area contributed by atoms with Gasteiger partial charge >= 0.3 is 0 Å². The summed E-state index contributed by atoms with van der Waals surface area (Å²) in [6.45, 7) is 1.83. The fourth-order valence-corrected chi connectivity index (χ4v) is 4.33. The number of hydrogen-bond acceptors (Lipinski definition) is 5. The van der Waals surface area contributed by atoms with Gasteiger partial charge in [0.05, 0.1) is 22.8 Å². The SMILES string of the molecule is Cc1nn(C)c(NC2CCCS(=O)(=O)C2)c1C(N)=S. The van der Waals surface area contributed by atoms with E-state index < -0.39 is 9.84 Å². The van der Waals surface area contributed by atoms with Crippen molar-refractivity contribution in [2.45, 2.75) is 25.8 Å². The van der Waals surface area contributed by atoms with Crippen LogP contribution in [0.25, 0.3) is 0 Å². The van der Waals surface area contributed by atoms with E-state index in [9.17, 15) is 8.42 Å². The highest BCUT2D eigenvalue weighted by Gasteiger charge is 2.26. The van der Waals surface area contributed by atoms with Crippen molar-refractivity contribution < 1.29 is 8.42 Å². The van der Waals surface area contributed by atoms with Crippen LogP contribution in [-0.4, -0.2) is 40.7 Å². The van der Waals surface area contributed by atoms with E-state index in [0.717, 1.165) is 12.1 Å². The van der Waals surface area contributed by atoms with Crippen molar-refractivity contribution in [3.63, 3.8) is 0 Å². The molecule has 1 aromatic heterocycles. The van der Waals surface area contributed by atoms with Crippen molar-refractivity contribution >= 4 is 32.9 Å². The van der Waals surface area contributed by atoms with Crippen LogP contribution in [0.15, 0.2) is 0 Å². The van der Waals surface area contributed by atoms with Crippen LogP contribution in [0.5, 0.6) is 0 Å². The summed E-state index contributed by atoms with van der Waals surface area (Å²) in [6.07, 6.45) is 1.50. The second-order valence-electron chi connectivity index (χ2n) is 4.89. The third kappa shape index (κ3) is 3.06. The van der Waals surface area contributed by atoms with Gasteiger partial charge in [-0.2, -0.15) is 5.10 Å². The zero-order valence-electron chi connectivity index (χ0n) is 11.0. The van der Waals surface area contributed by atoms with E-state index in [1.54, 1.807) is 11.7 Å². The molecule has 1 unspecified atom stereocenters. The normalized spacial score (nSPS) is 22.1. The highest BCUT2D eigenvalue weighted by Crippen LogP contribution is 2.22. The molecule has 6 nitrogen and oxygen atoms in total. The number of thiocarbonyl (C=S) groups is 1. The van der Waals surface area contributed by atoms with Gasteiger partial charge in [0.1, 0.15) is 10.8 Å². The fourth-order valence-electron chi connectivity index (χ4n) is 2.45. The molecule has 1 fully saturated rings. The third-order valence-corrected chi connectivity index (χ3v) is 5.30. The van der Waals surface area contributed by atoms with Gasteiger partial charge in [-0.15, -0.1) is 0 Å². The van der Waals surface area contributed by atoms with Gasteiger partial charge in [-0.05, 0) is 19.8 Å². The second kappa shape index (κ2) is 5.09. The lowest BCUT2D eigenvalue weighted by atomic mass is 10.1. The van der Waals surface area contributed by atoms with E-state index in [-0.39, 0.29) is 22.5 Å². The minimum atomic E-state index is -2.95. The number of rotatable bonds is 3. The lowest BCUT2D eigenvalue weighted by molar-refractivity contribution is 0.560. The average molecular weight is 302 g/mol. The van der Waals surface area contributed by atoms with E-state index in [0.29, 0.717) is 17.8 Å². The van der Waals surface area contributed by atoms with E-state index in [1.807, 2.05) is 6.92 Å². The minimum absolute atomic E-state index is 0.110. The molecule has 0 amide bonds. The van der Waals surface area contributed by atoms with Gasteiger partial charge < -0.3 is 11.1 Å². The number of nitrogens with one attached hydrogen (secondary N) is 1. The maximum Gasteiger partial charge on any atom is 0.152 e. The Morgan fingerprint density at radius 2 is 2.26 bits per heavy atom. The monoisotopic (exact) mass is 302 g/mol. The summed E-state index contributed by atoms with van der Waals surface area (Å²) in [5, 5.41) is 7.50. The average Bonchev–Trinajstić information content (AvgIpc) is 2.52. The molecule has 3 N–H and O–H groups in total. The van der Waals surface area contributed by atoms with E-state index in [4.69, 9.17) is 18.0 Å². The van der Waals surface area contributed by atoms with Gasteiger partial charge in [0, 0.05) is 13.1 Å². The Morgan fingerprint density at radius 3 is 2.84 bits per heavy atom. The summed E-state index contributed by atoms with van der Waals surface area (Å²) in [5.41, 5.74) is 7.15. The highest BCUT2D eigenvalue weighted by molar-refractivity contribution is 7.91. The van der Waals surface area contributed by atoms with Gasteiger partial charge in [-0.1, -0.05) is 12.2 Å². The lowest BCUT2D eigenvalue weighted by Crippen LogP contribution is -2.36. The van der Waals surface area contributed by atoms with Gasteiger partial charge in [0.15, 0.2) is 9.84 Å². The zero-order chi connectivity index (χ0) is 14.2. The number of nitrogens with two attached hydrogens (primary N) is 1. The van der Waals surface area contributed by atoms with Crippen LogP contribution in [0.4, 0.5) is 5.82 Å². The van der Waals surface area contributed by atoms with Crippen LogP contribution in [0, 0.1) is 6.92 Å². The van der Waals surface area contributed by atoms with E-state index in [2.05, 4.69) is 10.4 Å². The summed E-state index contributed by atoms with van der Waals surface area (Å²) in [5.74, 6) is 1.12. The number of aromatic nitrogens is 2. The first-order valence-corrected chi connectivity index (χ1v) is 8.33. The van der Waals surface area contributed by atoms with Crippen LogP contribution >= 0.6 is 12.2 Å². The fraction of sp³-hybridized carbons (Fsp3) is 0.636. The molecule has 0 saturated carbocycles. The van der Waals surface area contributed by atoms with Crippen molar-refractivity contribution in [3.8, 4) is 0 Å². The minimum Gasteiger partial charge on any atom is -0.389 e. The molecule has 1 aromatic rings. The number of hydrogen-bond donors (Lipinski definition) is 2. The molecule has 1 saturated heterocycles. The van der Waals surface area contributed by atoms with Crippen molar-refractivity contribution in [2.75, 3.05) is 16.8 Å². The number of nitrogens with zero attached hydrogens (tertiary/aromatic N) is 2. The predicted octanol–water partition coefficient (Wildman–Crippen LogP) is 0.352. The van der Waals surface area contributed by atoms with Crippen LogP contribution < -0.4 is 11.1 Å². The topological polar surface area (TPSA) is 90.0 Å². The first-order valence-electron chi connectivity index (χ1n) is 6.10. The Hall–Kier alpha value is -1.15. The maximum atomic E-state index is 11.6. The van der Waals surface area contributed by atoms with Gasteiger partial charge in [0.25, 0.3) is 0 Å².